The van der Waals surface area contributed by atoms with Crippen LogP contribution in [0.4, 0.5) is 0 Å². The van der Waals surface area contributed by atoms with Gasteiger partial charge in [-0.3, -0.25) is 4.90 Å². The van der Waals surface area contributed by atoms with Crippen LogP contribution in [0.3, 0.4) is 0 Å². The first-order chi connectivity index (χ1) is 9.52. The average Bonchev–Trinajstić information content (AvgIpc) is 2.43. The standard InChI is InChI=1S/C17H30N2O/c1-6-14(3)19(11-12-20-5)17(15(4)18)16-10-8-7-9-13(16)2/h7-10,14-15,17H,6,11-12,18H2,1-5H3. The lowest BCUT2D eigenvalue weighted by atomic mass is 9.93. The summed E-state index contributed by atoms with van der Waals surface area (Å²) in [5.74, 6) is 0. The monoisotopic (exact) mass is 278 g/mol. The summed E-state index contributed by atoms with van der Waals surface area (Å²) in [5.41, 5.74) is 8.96. The van der Waals surface area contributed by atoms with E-state index < -0.39 is 0 Å². The molecule has 0 heterocycles. The van der Waals surface area contributed by atoms with Gasteiger partial charge in [0.15, 0.2) is 0 Å². The number of hydrogen-bond acceptors (Lipinski definition) is 3. The van der Waals surface area contributed by atoms with Gasteiger partial charge in [0.25, 0.3) is 0 Å². The van der Waals surface area contributed by atoms with Crippen LogP contribution in [0, 0.1) is 6.92 Å². The van der Waals surface area contributed by atoms with E-state index >= 15 is 0 Å². The number of hydrogen-bond donors (Lipinski definition) is 1. The van der Waals surface area contributed by atoms with Crippen molar-refractivity contribution in [3.05, 3.63) is 35.4 Å². The van der Waals surface area contributed by atoms with Gasteiger partial charge in [-0.05, 0) is 38.3 Å². The molecule has 0 spiro atoms. The summed E-state index contributed by atoms with van der Waals surface area (Å²) in [4.78, 5) is 2.48. The van der Waals surface area contributed by atoms with Gasteiger partial charge in [0.1, 0.15) is 0 Å². The SMILES string of the molecule is CCC(C)N(CCOC)C(c1ccccc1C)C(C)N. The average molecular weight is 278 g/mol. The Morgan fingerprint density at radius 2 is 1.90 bits per heavy atom. The van der Waals surface area contributed by atoms with Gasteiger partial charge < -0.3 is 10.5 Å². The predicted octanol–water partition coefficient (Wildman–Crippen LogP) is 3.13. The van der Waals surface area contributed by atoms with Gasteiger partial charge in [0, 0.05) is 25.7 Å². The summed E-state index contributed by atoms with van der Waals surface area (Å²) < 4.78 is 5.28. The predicted molar refractivity (Wildman–Crippen MR) is 85.9 cm³/mol. The Morgan fingerprint density at radius 3 is 2.40 bits per heavy atom. The number of nitrogens with two attached hydrogens (primary N) is 1. The third-order valence-electron chi connectivity index (χ3n) is 4.07. The van der Waals surface area contributed by atoms with Crippen LogP contribution in [-0.2, 0) is 4.74 Å². The number of aryl methyl sites for hydroxylation is 1. The lowest BCUT2D eigenvalue weighted by molar-refractivity contribution is 0.0784. The molecule has 114 valence electrons. The zero-order chi connectivity index (χ0) is 15.1. The first-order valence-corrected chi connectivity index (χ1v) is 7.58. The lowest BCUT2D eigenvalue weighted by Crippen LogP contribution is -2.45. The fraction of sp³-hybridized carbons (Fsp3) is 0.647. The van der Waals surface area contributed by atoms with Crippen molar-refractivity contribution in [2.45, 2.75) is 52.2 Å². The molecule has 0 amide bonds. The highest BCUT2D eigenvalue weighted by atomic mass is 16.5. The maximum Gasteiger partial charge on any atom is 0.0590 e. The van der Waals surface area contributed by atoms with E-state index in [9.17, 15) is 0 Å². The van der Waals surface area contributed by atoms with Gasteiger partial charge in [-0.15, -0.1) is 0 Å². The molecule has 1 aromatic carbocycles. The summed E-state index contributed by atoms with van der Waals surface area (Å²) in [6, 6.07) is 9.35. The second-order valence-electron chi connectivity index (χ2n) is 5.65. The highest BCUT2D eigenvalue weighted by Gasteiger charge is 2.27. The molecule has 0 saturated heterocycles. The van der Waals surface area contributed by atoms with Crippen molar-refractivity contribution in [3.8, 4) is 0 Å². The Kier molecular flexibility index (Phi) is 7.20. The molecule has 3 heteroatoms. The Balaban J connectivity index is 3.10. The molecule has 3 nitrogen and oxygen atoms in total. The van der Waals surface area contributed by atoms with Crippen molar-refractivity contribution in [3.63, 3.8) is 0 Å². The van der Waals surface area contributed by atoms with Crippen molar-refractivity contribution in [1.29, 1.82) is 0 Å². The van der Waals surface area contributed by atoms with Crippen molar-refractivity contribution < 1.29 is 4.74 Å². The van der Waals surface area contributed by atoms with Crippen LogP contribution in [0.25, 0.3) is 0 Å². The maximum absolute atomic E-state index is 6.32. The molecule has 0 radical (unpaired) electrons. The van der Waals surface area contributed by atoms with E-state index in [1.165, 1.54) is 11.1 Å². The summed E-state index contributed by atoms with van der Waals surface area (Å²) in [7, 11) is 1.75. The minimum absolute atomic E-state index is 0.0851. The highest BCUT2D eigenvalue weighted by Crippen LogP contribution is 2.28. The number of benzene rings is 1. The third kappa shape index (κ3) is 4.30. The summed E-state index contributed by atoms with van der Waals surface area (Å²) in [5, 5.41) is 0. The van der Waals surface area contributed by atoms with E-state index in [1.54, 1.807) is 7.11 Å². The topological polar surface area (TPSA) is 38.5 Å². The number of ether oxygens (including phenoxy) is 1. The molecule has 0 bridgehead atoms. The summed E-state index contributed by atoms with van der Waals surface area (Å²) in [6.45, 7) is 10.4. The van der Waals surface area contributed by atoms with E-state index in [4.69, 9.17) is 10.5 Å². The molecule has 1 rings (SSSR count). The van der Waals surface area contributed by atoms with Gasteiger partial charge in [0.05, 0.1) is 12.6 Å². The molecule has 1 aromatic rings. The van der Waals surface area contributed by atoms with E-state index in [-0.39, 0.29) is 12.1 Å². The van der Waals surface area contributed by atoms with Crippen LogP contribution in [0.5, 0.6) is 0 Å². The van der Waals surface area contributed by atoms with Crippen LogP contribution >= 0.6 is 0 Å². The molecule has 0 aliphatic heterocycles. The summed E-state index contributed by atoms with van der Waals surface area (Å²) >= 11 is 0. The minimum atomic E-state index is 0.0851. The molecule has 0 aromatic heterocycles. The second kappa shape index (κ2) is 8.40. The molecule has 2 N–H and O–H groups in total. The third-order valence-corrected chi connectivity index (χ3v) is 4.07. The number of rotatable bonds is 8. The molecule has 20 heavy (non-hydrogen) atoms. The van der Waals surface area contributed by atoms with Crippen LogP contribution in [0.2, 0.25) is 0 Å². The Hall–Kier alpha value is -0.900. The van der Waals surface area contributed by atoms with Gasteiger partial charge in [-0.25, -0.2) is 0 Å². The van der Waals surface area contributed by atoms with E-state index in [0.29, 0.717) is 6.04 Å². The zero-order valence-electron chi connectivity index (χ0n) is 13.6. The maximum atomic E-state index is 6.32. The van der Waals surface area contributed by atoms with Crippen LogP contribution in [0.1, 0.15) is 44.4 Å². The molecular formula is C17H30N2O. The second-order valence-corrected chi connectivity index (χ2v) is 5.65. The van der Waals surface area contributed by atoms with E-state index in [0.717, 1.165) is 19.6 Å². The molecule has 0 fully saturated rings. The first kappa shape index (κ1) is 17.2. The van der Waals surface area contributed by atoms with Crippen LogP contribution in [-0.4, -0.2) is 37.2 Å². The summed E-state index contributed by atoms with van der Waals surface area (Å²) in [6.07, 6.45) is 1.11. The molecule has 3 atom stereocenters. The Morgan fingerprint density at radius 1 is 1.25 bits per heavy atom. The van der Waals surface area contributed by atoms with Crippen molar-refractivity contribution in [2.24, 2.45) is 5.73 Å². The molecule has 0 aliphatic rings. The van der Waals surface area contributed by atoms with Crippen molar-refractivity contribution in [1.82, 2.24) is 4.90 Å². The van der Waals surface area contributed by atoms with Gasteiger partial charge in [-0.1, -0.05) is 31.2 Å². The normalized spacial score (nSPS) is 16.1. The molecule has 0 saturated carbocycles. The lowest BCUT2D eigenvalue weighted by Gasteiger charge is -2.39. The fourth-order valence-electron chi connectivity index (χ4n) is 2.75. The fourth-order valence-corrected chi connectivity index (χ4v) is 2.75. The van der Waals surface area contributed by atoms with Gasteiger partial charge in [-0.2, -0.15) is 0 Å². The quantitative estimate of drug-likeness (QED) is 0.794. The molecular weight excluding hydrogens is 248 g/mol. The minimum Gasteiger partial charge on any atom is -0.383 e. The molecule has 3 unspecified atom stereocenters. The molecule has 0 aliphatic carbocycles. The van der Waals surface area contributed by atoms with E-state index in [2.05, 4.69) is 56.9 Å². The number of methoxy groups -OCH3 is 1. The van der Waals surface area contributed by atoms with Crippen molar-refractivity contribution in [2.75, 3.05) is 20.3 Å². The van der Waals surface area contributed by atoms with Gasteiger partial charge >= 0.3 is 0 Å². The Labute approximate surface area is 124 Å². The van der Waals surface area contributed by atoms with Crippen molar-refractivity contribution >= 4 is 0 Å². The van der Waals surface area contributed by atoms with Crippen LogP contribution < -0.4 is 5.73 Å². The first-order valence-electron chi connectivity index (χ1n) is 7.58. The highest BCUT2D eigenvalue weighted by molar-refractivity contribution is 5.30. The Bertz CT molecular complexity index is 392. The largest absolute Gasteiger partial charge is 0.383 e. The smallest absolute Gasteiger partial charge is 0.0590 e. The van der Waals surface area contributed by atoms with Crippen LogP contribution in [0.15, 0.2) is 24.3 Å². The zero-order valence-corrected chi connectivity index (χ0v) is 13.6. The number of nitrogens with zero attached hydrogens (tertiary/aromatic N) is 1. The van der Waals surface area contributed by atoms with Gasteiger partial charge in [0.2, 0.25) is 0 Å². The van der Waals surface area contributed by atoms with E-state index in [1.807, 2.05) is 0 Å².